The minimum Gasteiger partial charge on any atom is -0.480 e. The predicted molar refractivity (Wildman–Crippen MR) is 118 cm³/mol. The zero-order chi connectivity index (χ0) is 24.3. The fourth-order valence-electron chi connectivity index (χ4n) is 2.72. The molecule has 4 unspecified atom stereocenters. The first-order valence-corrected chi connectivity index (χ1v) is 10.7. The van der Waals surface area contributed by atoms with E-state index in [1.165, 1.54) is 0 Å². The van der Waals surface area contributed by atoms with Crippen LogP contribution in [0.3, 0.4) is 0 Å². The Bertz CT molecular complexity index is 658. The molecular weight excluding hydrogens is 426 g/mol. The number of hydrogen-bond acceptors (Lipinski definition) is 7. The second-order valence-corrected chi connectivity index (χ2v) is 8.61. The molecule has 0 aliphatic carbocycles. The van der Waals surface area contributed by atoms with E-state index in [0.29, 0.717) is 0 Å². The monoisotopic (exact) mass is 461 g/mol. The zero-order valence-corrected chi connectivity index (χ0v) is 19.3. The molecule has 11 nitrogen and oxygen atoms in total. The Hall–Kier alpha value is -2.34. The molecule has 0 aliphatic heterocycles. The highest BCUT2D eigenvalue weighted by atomic mass is 32.1. The van der Waals surface area contributed by atoms with Gasteiger partial charge in [-0.05, 0) is 24.7 Å². The third-order valence-electron chi connectivity index (χ3n) is 4.24. The largest absolute Gasteiger partial charge is 0.480 e. The van der Waals surface area contributed by atoms with Gasteiger partial charge in [-0.25, -0.2) is 4.79 Å². The molecule has 0 aromatic heterocycles. The van der Waals surface area contributed by atoms with Gasteiger partial charge < -0.3 is 32.5 Å². The minimum atomic E-state index is -1.24. The van der Waals surface area contributed by atoms with E-state index in [0.717, 1.165) is 0 Å². The van der Waals surface area contributed by atoms with E-state index in [1.807, 2.05) is 27.7 Å². The molecule has 8 N–H and O–H groups in total. The number of carbonyl (C=O) groups is 5. The van der Waals surface area contributed by atoms with Crippen molar-refractivity contribution in [3.8, 4) is 0 Å². The highest BCUT2D eigenvalue weighted by molar-refractivity contribution is 7.80. The second kappa shape index (κ2) is 13.9. The van der Waals surface area contributed by atoms with Crippen molar-refractivity contribution in [1.29, 1.82) is 0 Å². The molecule has 0 heterocycles. The molecule has 0 rings (SSSR count). The van der Waals surface area contributed by atoms with E-state index in [-0.39, 0.29) is 36.9 Å². The number of primary amides is 1. The van der Waals surface area contributed by atoms with E-state index in [2.05, 4.69) is 28.6 Å². The Morgan fingerprint density at radius 1 is 0.806 bits per heavy atom. The van der Waals surface area contributed by atoms with Crippen LogP contribution in [0.1, 0.15) is 47.0 Å². The Morgan fingerprint density at radius 3 is 1.52 bits per heavy atom. The number of carboxylic acids is 1. The summed E-state index contributed by atoms with van der Waals surface area (Å²) in [4.78, 5) is 59.9. The smallest absolute Gasteiger partial charge is 0.327 e. The molecule has 0 bridgehead atoms. The summed E-state index contributed by atoms with van der Waals surface area (Å²) in [6, 6.07) is -4.43. The standard InChI is InChI=1S/C19H35N5O6S/c1-9(2)5-12(22-16(26)11(20)7-15(21)25)17(27)23-13(6-10(3)4)18(28)24-14(8-31)19(29)30/h9-14,31H,5-8,20H2,1-4H3,(H2,21,25)(H,22,26)(H,23,27)(H,24,28)(H,29,30). The maximum Gasteiger partial charge on any atom is 0.327 e. The van der Waals surface area contributed by atoms with Crippen LogP contribution in [-0.4, -0.2) is 64.6 Å². The molecule has 0 aromatic rings. The number of carboxylic acid groups (broad SMARTS) is 1. The van der Waals surface area contributed by atoms with Gasteiger partial charge in [-0.1, -0.05) is 27.7 Å². The molecule has 0 saturated heterocycles. The van der Waals surface area contributed by atoms with Crippen molar-refractivity contribution in [3.05, 3.63) is 0 Å². The van der Waals surface area contributed by atoms with Gasteiger partial charge in [0.05, 0.1) is 12.5 Å². The van der Waals surface area contributed by atoms with E-state index < -0.39 is 53.8 Å². The Balaban J connectivity index is 5.43. The number of rotatable bonds is 14. The molecule has 0 saturated carbocycles. The Labute approximate surface area is 187 Å². The summed E-state index contributed by atoms with van der Waals surface area (Å²) in [6.07, 6.45) is 0.131. The van der Waals surface area contributed by atoms with Gasteiger partial charge >= 0.3 is 5.97 Å². The van der Waals surface area contributed by atoms with Crippen LogP contribution in [0.25, 0.3) is 0 Å². The van der Waals surface area contributed by atoms with Crippen LogP contribution in [0.4, 0.5) is 0 Å². The van der Waals surface area contributed by atoms with Crippen molar-refractivity contribution in [2.45, 2.75) is 71.1 Å². The summed E-state index contributed by atoms with van der Waals surface area (Å²) in [7, 11) is 0. The van der Waals surface area contributed by atoms with Crippen molar-refractivity contribution in [3.63, 3.8) is 0 Å². The summed E-state index contributed by atoms with van der Waals surface area (Å²) in [6.45, 7) is 7.38. The first kappa shape index (κ1) is 28.7. The molecule has 0 fully saturated rings. The normalized spacial score (nSPS) is 15.0. The molecule has 4 atom stereocenters. The van der Waals surface area contributed by atoms with Crippen molar-refractivity contribution in [2.75, 3.05) is 5.75 Å². The molecule has 12 heteroatoms. The van der Waals surface area contributed by atoms with E-state index in [1.54, 1.807) is 0 Å². The van der Waals surface area contributed by atoms with Gasteiger partial charge in [0, 0.05) is 5.75 Å². The Morgan fingerprint density at radius 2 is 1.19 bits per heavy atom. The van der Waals surface area contributed by atoms with Crippen molar-refractivity contribution >= 4 is 42.2 Å². The second-order valence-electron chi connectivity index (χ2n) is 8.24. The van der Waals surface area contributed by atoms with E-state index >= 15 is 0 Å². The molecule has 0 spiro atoms. The van der Waals surface area contributed by atoms with Gasteiger partial charge in [-0.3, -0.25) is 19.2 Å². The molecule has 31 heavy (non-hydrogen) atoms. The van der Waals surface area contributed by atoms with Gasteiger partial charge in [0.25, 0.3) is 0 Å². The number of nitrogens with one attached hydrogen (secondary N) is 3. The minimum absolute atomic E-state index is 0.0115. The lowest BCUT2D eigenvalue weighted by Gasteiger charge is -2.26. The molecule has 4 amide bonds. The van der Waals surface area contributed by atoms with E-state index in [9.17, 15) is 24.0 Å². The van der Waals surface area contributed by atoms with Gasteiger partial charge in [-0.15, -0.1) is 0 Å². The van der Waals surface area contributed by atoms with Gasteiger partial charge in [0.1, 0.15) is 18.1 Å². The summed E-state index contributed by atoms with van der Waals surface area (Å²) in [5.41, 5.74) is 10.7. The average molecular weight is 462 g/mol. The lowest BCUT2D eigenvalue weighted by atomic mass is 9.99. The molecular formula is C19H35N5O6S. The molecule has 178 valence electrons. The lowest BCUT2D eigenvalue weighted by molar-refractivity contribution is -0.141. The topological polar surface area (TPSA) is 194 Å². The van der Waals surface area contributed by atoms with Crippen LogP contribution < -0.4 is 27.4 Å². The van der Waals surface area contributed by atoms with Crippen LogP contribution in [0.2, 0.25) is 0 Å². The third kappa shape index (κ3) is 11.6. The van der Waals surface area contributed by atoms with Crippen molar-refractivity contribution in [2.24, 2.45) is 23.3 Å². The maximum absolute atomic E-state index is 12.9. The first-order valence-electron chi connectivity index (χ1n) is 10.1. The first-order chi connectivity index (χ1) is 14.3. The van der Waals surface area contributed by atoms with Gasteiger partial charge in [0.2, 0.25) is 23.6 Å². The molecule has 0 aliphatic rings. The Kier molecular flexibility index (Phi) is 12.8. The summed E-state index contributed by atoms with van der Waals surface area (Å²) in [5, 5.41) is 16.6. The summed E-state index contributed by atoms with van der Waals surface area (Å²) in [5.74, 6) is -4.09. The van der Waals surface area contributed by atoms with Crippen LogP contribution in [0, 0.1) is 11.8 Å². The van der Waals surface area contributed by atoms with Gasteiger partial charge in [-0.2, -0.15) is 12.6 Å². The predicted octanol–water partition coefficient (Wildman–Crippen LogP) is -1.25. The number of aliphatic carboxylic acids is 1. The summed E-state index contributed by atoms with van der Waals surface area (Å²) >= 11 is 3.91. The number of amides is 4. The fourth-order valence-corrected chi connectivity index (χ4v) is 2.97. The fraction of sp³-hybridized carbons (Fsp3) is 0.737. The lowest BCUT2D eigenvalue weighted by Crippen LogP contribution is -2.58. The maximum atomic E-state index is 12.9. The van der Waals surface area contributed by atoms with Gasteiger partial charge in [0.15, 0.2) is 0 Å². The van der Waals surface area contributed by atoms with Crippen molar-refractivity contribution in [1.82, 2.24) is 16.0 Å². The average Bonchev–Trinajstić information content (AvgIpc) is 2.62. The van der Waals surface area contributed by atoms with Crippen LogP contribution in [0.5, 0.6) is 0 Å². The van der Waals surface area contributed by atoms with E-state index in [4.69, 9.17) is 16.6 Å². The van der Waals surface area contributed by atoms with Crippen LogP contribution in [0.15, 0.2) is 0 Å². The number of hydrogen-bond donors (Lipinski definition) is 7. The molecule has 0 radical (unpaired) electrons. The molecule has 0 aromatic carbocycles. The highest BCUT2D eigenvalue weighted by Gasteiger charge is 2.31. The van der Waals surface area contributed by atoms with Crippen LogP contribution >= 0.6 is 12.6 Å². The summed E-state index contributed by atoms with van der Waals surface area (Å²) < 4.78 is 0. The number of carbonyl (C=O) groups excluding carboxylic acids is 4. The SMILES string of the molecule is CC(C)CC(NC(=O)C(N)CC(N)=O)C(=O)NC(CC(C)C)C(=O)NC(CS)C(=O)O. The third-order valence-corrected chi connectivity index (χ3v) is 4.60. The van der Waals surface area contributed by atoms with Crippen molar-refractivity contribution < 1.29 is 29.1 Å². The number of thiol groups is 1. The zero-order valence-electron chi connectivity index (χ0n) is 18.4. The number of nitrogens with two attached hydrogens (primary N) is 2. The quantitative estimate of drug-likeness (QED) is 0.157. The van der Waals surface area contributed by atoms with Crippen LogP contribution in [-0.2, 0) is 24.0 Å². The highest BCUT2D eigenvalue weighted by Crippen LogP contribution is 2.10.